The number of nitrogens with one attached hydrogen (secondary N) is 18. The van der Waals surface area contributed by atoms with Gasteiger partial charge in [0.15, 0.2) is 17.7 Å². The summed E-state index contributed by atoms with van der Waals surface area (Å²) in [5, 5.41) is 70.9. The SMILES string of the molecule is C=Cc1c(C)c2cc3nc(c4c5[nH]c(cc6nc(cc1[nH]2)C(C)=C6CC)c(C)c5C(=O)C4)[C@@H](CCC(=O)NCC(=O)N[C@@H](CCCNC(=N)N)C(=O)N[C@H](C(=O)NCC(=O)N[C@@H](Cc1ccccc1)C(=O)N[C@@H](CC(C)C)C(=O)N[C@@H](CCCNC(=N)N)C(=O)N[C@H](C(=O)N[C@@H](C)C(=O)N[C@@H](CCCCN)C(=O)NCC(=O)NCC(=O)O)[C@@H](C)O)[C@@H](C)CC)[C@@H]3C. The number of unbranched alkanes of at least 4 members (excludes halogenated alkanes) is 1. The predicted octanol–water partition coefficient (Wildman–Crippen LogP) is 1.14. The highest BCUT2D eigenvalue weighted by atomic mass is 16.4. The Balaban J connectivity index is 1.01. The van der Waals surface area contributed by atoms with Crippen LogP contribution in [0.5, 0.6) is 0 Å². The molecule has 12 amide bonds. The van der Waals surface area contributed by atoms with Crippen LogP contribution in [0.4, 0.5) is 0 Å². The number of aliphatic hydroxyl groups excluding tert-OH is 1. The summed E-state index contributed by atoms with van der Waals surface area (Å²) in [4.78, 5) is 210. The third kappa shape index (κ3) is 28.6. The minimum atomic E-state index is -1.79. The number of carbonyl (C=O) groups is 14. The monoisotopic (exact) mass is 1750 g/mol. The molecule has 0 saturated carbocycles. The molecule has 2 aliphatic heterocycles. The predicted molar refractivity (Wildman–Crippen MR) is 475 cm³/mol. The van der Waals surface area contributed by atoms with Gasteiger partial charge in [-0.1, -0.05) is 91.0 Å². The van der Waals surface area contributed by atoms with Crippen LogP contribution in [0.25, 0.3) is 39.3 Å². The molecule has 3 aliphatic rings. The molecule has 12 atom stereocenters. The second-order valence-electron chi connectivity index (χ2n) is 32.5. The van der Waals surface area contributed by atoms with Gasteiger partial charge in [0, 0.05) is 83.1 Å². The molecule has 39 nitrogen and oxygen atoms in total. The largest absolute Gasteiger partial charge is 0.480 e. The summed E-state index contributed by atoms with van der Waals surface area (Å²) in [6.45, 7) is 21.3. The lowest BCUT2D eigenvalue weighted by Crippen LogP contribution is -2.61. The fourth-order valence-corrected chi connectivity index (χ4v) is 15.2. The van der Waals surface area contributed by atoms with Crippen molar-refractivity contribution in [1.29, 1.82) is 10.8 Å². The maximum Gasteiger partial charge on any atom is 0.322 e. The molecular formula is C87H125N23O16. The van der Waals surface area contributed by atoms with Gasteiger partial charge in [-0.25, -0.2) is 4.98 Å². The van der Waals surface area contributed by atoms with Gasteiger partial charge >= 0.3 is 5.97 Å². The van der Waals surface area contributed by atoms with Gasteiger partial charge in [0.1, 0.15) is 54.9 Å². The van der Waals surface area contributed by atoms with Crippen LogP contribution in [0.15, 0.2) is 55.1 Å². The Bertz CT molecular complexity index is 4920. The van der Waals surface area contributed by atoms with Crippen LogP contribution >= 0.6 is 0 Å². The van der Waals surface area contributed by atoms with Gasteiger partial charge in [-0.05, 0) is 163 Å². The first-order valence-electron chi connectivity index (χ1n) is 42.7. The van der Waals surface area contributed by atoms with Crippen molar-refractivity contribution in [1.82, 2.24) is 94.4 Å². The van der Waals surface area contributed by atoms with Gasteiger partial charge in [-0.2, -0.15) is 0 Å². The zero-order valence-electron chi connectivity index (χ0n) is 73.5. The average Bonchev–Trinajstić information content (AvgIpc) is 1.58. The summed E-state index contributed by atoms with van der Waals surface area (Å²) in [6.07, 6.45) is 2.17. The number of guanidine groups is 2. The molecule has 4 aromatic rings. The second kappa shape index (κ2) is 47.8. The van der Waals surface area contributed by atoms with E-state index in [0.717, 1.165) is 73.5 Å². The number of nitrogens with zero attached hydrogens (tertiary/aromatic N) is 2. The van der Waals surface area contributed by atoms with Crippen molar-refractivity contribution in [2.24, 2.45) is 29.0 Å². The van der Waals surface area contributed by atoms with E-state index in [2.05, 4.69) is 105 Å². The lowest BCUT2D eigenvalue weighted by Gasteiger charge is -2.28. The van der Waals surface area contributed by atoms with Crippen LogP contribution in [0.2, 0.25) is 0 Å². The molecule has 0 radical (unpaired) electrons. The number of nitrogens with two attached hydrogens (primary N) is 3. The van der Waals surface area contributed by atoms with E-state index in [0.29, 0.717) is 41.6 Å². The number of hydrogen-bond acceptors (Lipinski definition) is 20. The first-order valence-corrected chi connectivity index (χ1v) is 42.7. The van der Waals surface area contributed by atoms with Crippen LogP contribution < -0.4 is 91.6 Å². The van der Waals surface area contributed by atoms with E-state index in [1.165, 1.54) is 13.8 Å². The molecule has 684 valence electrons. The lowest BCUT2D eigenvalue weighted by atomic mass is 9.85. The van der Waals surface area contributed by atoms with Crippen molar-refractivity contribution in [2.45, 2.75) is 232 Å². The minimum Gasteiger partial charge on any atom is -0.480 e. The summed E-state index contributed by atoms with van der Waals surface area (Å²) in [5.74, 6) is -13.8. The number of aliphatic hydroxyl groups is 1. The van der Waals surface area contributed by atoms with Crippen molar-refractivity contribution >= 4 is 134 Å². The molecule has 5 heterocycles. The first kappa shape index (κ1) is 100. The average molecular weight is 1750 g/mol. The van der Waals surface area contributed by atoms with Gasteiger partial charge < -0.3 is 112 Å². The highest BCUT2D eigenvalue weighted by Crippen LogP contribution is 2.45. The molecule has 0 saturated heterocycles. The summed E-state index contributed by atoms with van der Waals surface area (Å²) >= 11 is 0. The van der Waals surface area contributed by atoms with E-state index in [4.69, 9.17) is 43.1 Å². The Morgan fingerprint density at radius 2 is 1.13 bits per heavy atom. The number of aromatic nitrogens is 4. The van der Waals surface area contributed by atoms with Gasteiger partial charge in [0.05, 0.1) is 48.3 Å². The van der Waals surface area contributed by atoms with Crippen LogP contribution in [-0.4, -0.2) is 225 Å². The molecule has 1 aromatic carbocycles. The Morgan fingerprint density at radius 3 is 1.74 bits per heavy atom. The van der Waals surface area contributed by atoms with Crippen molar-refractivity contribution in [3.05, 3.63) is 111 Å². The normalized spacial score (nSPS) is 15.7. The number of amides is 12. The molecule has 1 aliphatic carbocycles. The molecule has 8 bridgehead atoms. The second-order valence-corrected chi connectivity index (χ2v) is 32.5. The zero-order chi connectivity index (χ0) is 92.9. The summed E-state index contributed by atoms with van der Waals surface area (Å²) in [6, 6.07) is 3.03. The fourth-order valence-electron chi connectivity index (χ4n) is 15.2. The van der Waals surface area contributed by atoms with E-state index >= 15 is 0 Å². The van der Waals surface area contributed by atoms with E-state index in [1.54, 1.807) is 64.1 Å². The third-order valence-electron chi connectivity index (χ3n) is 22.5. The van der Waals surface area contributed by atoms with E-state index in [1.807, 2.05) is 39.0 Å². The van der Waals surface area contributed by atoms with E-state index in [9.17, 15) is 72.2 Å². The molecule has 3 aromatic heterocycles. The van der Waals surface area contributed by atoms with Crippen LogP contribution in [0, 0.1) is 36.5 Å². The number of hydrogen-bond donors (Lipinski definition) is 23. The molecule has 0 fully saturated rings. The number of carbonyl (C=O) groups excluding carboxylic acids is 13. The number of allylic oxidation sites excluding steroid dienone is 2. The fraction of sp³-hybridized carbons (Fsp3) is 0.517. The maximum absolute atomic E-state index is 14.7. The number of Topliss-reactive ketones (excluding diaryl/α,β-unsaturated/α-hetero) is 1. The number of aliphatic carboxylic acids is 1. The van der Waals surface area contributed by atoms with Gasteiger partial charge in [-0.3, -0.25) is 82.9 Å². The van der Waals surface area contributed by atoms with Crippen LogP contribution in [0.3, 0.4) is 0 Å². The smallest absolute Gasteiger partial charge is 0.322 e. The van der Waals surface area contributed by atoms with Gasteiger partial charge in [0.25, 0.3) is 0 Å². The standard InChI is InChI=1S/C87H125N23O16/c1-13-44(6)74(109-80(121)57(26-21-31-93-86(89)90)102-70(115)40-95-68(113)29-28-54-47(9)61-36-59-45(7)52(14-2)63(100-59)37-60-46(8)53(15-3)64(101-60)38-62-48(10)73-67(112)35-55(76(54)104-61)77(73)105-62)84(125)98-41-71(116)103-66(34-51-23-17-16-18-24-51)83(124)108-65(33-43(4)5)82(123)107-58(27-22-32-94-87(91)92)81(122)110-75(50(12)111)85(126)99-49(11)78(119)106-56(25-19-20-30-88)79(120)97-39-69(114)96-42-72(117)118/h14,16-18,23-24,36-38,43-44,47,49-50,54,56-58,65-66,74-75,100,105,111H,2,13,15,19-22,25-35,39-42,88H2,1,3-12H3,(H,95,113)(H,96,114)(H,97,120)(H,98,125)(H,99,126)(H,102,115)(H,103,116)(H,106,119)(H,107,123)(H,108,124)(H,109,121)(H,110,122)(H,117,118)(H4,89,90,93)(H4,91,92,94)/t44-,47-,49-,50+,54-,56-,57-,58-,65-,66-,74-,75-/m0/s1. The number of ketones is 1. The molecule has 0 spiro atoms. The lowest BCUT2D eigenvalue weighted by molar-refractivity contribution is -0.138. The molecule has 39 heteroatoms. The molecular weight excluding hydrogens is 1620 g/mol. The molecule has 126 heavy (non-hydrogen) atoms. The van der Waals surface area contributed by atoms with E-state index < -0.39 is 169 Å². The van der Waals surface area contributed by atoms with Crippen molar-refractivity contribution < 1.29 is 77.3 Å². The Labute approximate surface area is 731 Å². The van der Waals surface area contributed by atoms with E-state index in [-0.39, 0.29) is 113 Å². The highest BCUT2D eigenvalue weighted by molar-refractivity contribution is 6.13. The number of aromatic amines is 2. The molecule has 0 unspecified atom stereocenters. The summed E-state index contributed by atoms with van der Waals surface area (Å²) in [7, 11) is 0. The van der Waals surface area contributed by atoms with Gasteiger partial charge in [-0.15, -0.1) is 0 Å². The number of carboxylic acid groups (broad SMARTS) is 1. The third-order valence-corrected chi connectivity index (χ3v) is 22.5. The Morgan fingerprint density at radius 1 is 0.587 bits per heavy atom. The van der Waals surface area contributed by atoms with Crippen LogP contribution in [0.1, 0.15) is 212 Å². The van der Waals surface area contributed by atoms with Crippen molar-refractivity contribution in [2.75, 3.05) is 45.8 Å². The number of H-pyrrole nitrogens is 2. The Kier molecular flexibility index (Phi) is 38.0. The number of carboxylic acids is 1. The Hall–Kier alpha value is -12.9. The summed E-state index contributed by atoms with van der Waals surface area (Å²) < 4.78 is 0. The van der Waals surface area contributed by atoms with Crippen molar-refractivity contribution in [3.63, 3.8) is 0 Å². The molecule has 26 N–H and O–H groups in total. The number of fused-ring (bicyclic) bond motifs is 8. The highest BCUT2D eigenvalue weighted by Gasteiger charge is 2.39. The maximum atomic E-state index is 14.7. The zero-order valence-corrected chi connectivity index (χ0v) is 73.5. The topological polar surface area (TPSA) is 631 Å². The quantitative estimate of drug-likeness (QED) is 0.0167. The number of aryl methyl sites for hydroxylation is 2. The number of rotatable bonds is 48. The minimum absolute atomic E-state index is 0.0204. The molecule has 7 rings (SSSR count). The summed E-state index contributed by atoms with van der Waals surface area (Å²) in [5.41, 5.74) is 29.4. The van der Waals surface area contributed by atoms with Crippen molar-refractivity contribution in [3.8, 4) is 0 Å². The van der Waals surface area contributed by atoms with Crippen LogP contribution in [-0.2, 0) is 75.2 Å². The first-order chi connectivity index (χ1) is 59.8. The number of benzene rings is 1. The van der Waals surface area contributed by atoms with Gasteiger partial charge in [0.2, 0.25) is 70.9 Å².